The number of fused-ring (bicyclic) bond motifs is 1. The number of aliphatic carboxylic acids is 1. The van der Waals surface area contributed by atoms with E-state index in [0.717, 1.165) is 11.3 Å². The number of aryl methyl sites for hydroxylation is 1. The first-order chi connectivity index (χ1) is 8.74. The molecule has 2 N–H and O–H groups in total. The van der Waals surface area contributed by atoms with Crippen molar-refractivity contribution in [3.05, 3.63) is 23.7 Å². The predicted octanol–water partition coefficient (Wildman–Crippen LogP) is 0.451. The maximum absolute atomic E-state index is 11.0. The van der Waals surface area contributed by atoms with E-state index in [1.165, 1.54) is 0 Å². The third kappa shape index (κ3) is 1.83. The Morgan fingerprint density at radius 2 is 2.33 bits per heavy atom. The lowest BCUT2D eigenvalue weighted by Gasteiger charge is -2.20. The molecule has 2 aromatic rings. The SMILES string of the molecule is O=C(O)C1CCc2nc(-c3cn[nH]n3)ncc2C1. The molecule has 2 heterocycles. The van der Waals surface area contributed by atoms with Gasteiger partial charge < -0.3 is 5.11 Å². The third-order valence-corrected chi connectivity index (χ3v) is 3.14. The number of hydrogen-bond donors (Lipinski definition) is 2. The summed E-state index contributed by atoms with van der Waals surface area (Å²) in [6.45, 7) is 0. The molecule has 0 saturated heterocycles. The minimum absolute atomic E-state index is 0.320. The van der Waals surface area contributed by atoms with Gasteiger partial charge in [-0.05, 0) is 24.8 Å². The summed E-state index contributed by atoms with van der Waals surface area (Å²) in [7, 11) is 0. The Labute approximate surface area is 102 Å². The Balaban J connectivity index is 1.92. The van der Waals surface area contributed by atoms with E-state index in [0.29, 0.717) is 30.8 Å². The lowest BCUT2D eigenvalue weighted by molar-refractivity contribution is -0.142. The van der Waals surface area contributed by atoms with Crippen LogP contribution in [0.25, 0.3) is 11.5 Å². The van der Waals surface area contributed by atoms with Gasteiger partial charge >= 0.3 is 5.97 Å². The Hall–Kier alpha value is -2.31. The Kier molecular flexibility index (Phi) is 2.51. The van der Waals surface area contributed by atoms with Crippen LogP contribution >= 0.6 is 0 Å². The summed E-state index contributed by atoms with van der Waals surface area (Å²) in [5.74, 6) is -0.545. The van der Waals surface area contributed by atoms with Gasteiger partial charge in [0.25, 0.3) is 0 Å². The average Bonchev–Trinajstić information content (AvgIpc) is 2.91. The van der Waals surface area contributed by atoms with E-state index in [4.69, 9.17) is 5.11 Å². The molecule has 1 aliphatic carbocycles. The Morgan fingerprint density at radius 3 is 3.06 bits per heavy atom. The highest BCUT2D eigenvalue weighted by Crippen LogP contribution is 2.25. The number of carboxylic acids is 1. The van der Waals surface area contributed by atoms with Gasteiger partial charge in [-0.1, -0.05) is 0 Å². The fourth-order valence-corrected chi connectivity index (χ4v) is 2.15. The van der Waals surface area contributed by atoms with E-state index >= 15 is 0 Å². The van der Waals surface area contributed by atoms with E-state index in [2.05, 4.69) is 25.4 Å². The van der Waals surface area contributed by atoms with E-state index in [9.17, 15) is 4.79 Å². The van der Waals surface area contributed by atoms with E-state index in [1.54, 1.807) is 12.4 Å². The molecule has 1 unspecified atom stereocenters. The lowest BCUT2D eigenvalue weighted by atomic mass is 9.87. The van der Waals surface area contributed by atoms with Crippen molar-refractivity contribution < 1.29 is 9.90 Å². The molecular weight excluding hydrogens is 234 g/mol. The summed E-state index contributed by atoms with van der Waals surface area (Å²) in [6, 6.07) is 0. The van der Waals surface area contributed by atoms with Gasteiger partial charge in [-0.3, -0.25) is 4.79 Å². The van der Waals surface area contributed by atoms with Gasteiger partial charge in [-0.2, -0.15) is 15.4 Å². The topological polar surface area (TPSA) is 105 Å². The van der Waals surface area contributed by atoms with Gasteiger partial charge in [0.2, 0.25) is 0 Å². The van der Waals surface area contributed by atoms with Crippen LogP contribution in [0.4, 0.5) is 0 Å². The molecule has 0 saturated carbocycles. The van der Waals surface area contributed by atoms with Crippen LogP contribution in [0, 0.1) is 5.92 Å². The number of aromatic amines is 1. The summed E-state index contributed by atoms with van der Waals surface area (Å²) >= 11 is 0. The van der Waals surface area contributed by atoms with Crippen molar-refractivity contribution in [2.24, 2.45) is 5.92 Å². The van der Waals surface area contributed by atoms with Crippen molar-refractivity contribution in [1.82, 2.24) is 25.4 Å². The quantitative estimate of drug-likeness (QED) is 0.796. The van der Waals surface area contributed by atoms with E-state index in [1.807, 2.05) is 0 Å². The number of H-pyrrole nitrogens is 1. The number of carbonyl (C=O) groups is 1. The number of carboxylic acid groups (broad SMARTS) is 1. The highest BCUT2D eigenvalue weighted by molar-refractivity contribution is 5.70. The Bertz CT molecular complexity index is 581. The van der Waals surface area contributed by atoms with Gasteiger partial charge in [0, 0.05) is 11.9 Å². The van der Waals surface area contributed by atoms with Crippen molar-refractivity contribution in [2.45, 2.75) is 19.3 Å². The van der Waals surface area contributed by atoms with E-state index < -0.39 is 5.97 Å². The molecule has 0 aliphatic heterocycles. The van der Waals surface area contributed by atoms with Crippen LogP contribution in [0.5, 0.6) is 0 Å². The molecule has 92 valence electrons. The molecule has 2 aromatic heterocycles. The van der Waals surface area contributed by atoms with Crippen molar-refractivity contribution in [3.8, 4) is 11.5 Å². The number of nitrogens with zero attached hydrogens (tertiary/aromatic N) is 4. The standard InChI is InChI=1S/C11H11N5O2/c17-11(18)6-1-2-8-7(3-6)4-12-10(14-8)9-5-13-16-15-9/h4-6H,1-3H2,(H,17,18)(H,13,15,16). The van der Waals surface area contributed by atoms with Gasteiger partial charge in [0.15, 0.2) is 5.82 Å². The second kappa shape index (κ2) is 4.17. The van der Waals surface area contributed by atoms with Crippen molar-refractivity contribution in [3.63, 3.8) is 0 Å². The number of nitrogens with one attached hydrogen (secondary N) is 1. The highest BCUT2D eigenvalue weighted by Gasteiger charge is 2.25. The third-order valence-electron chi connectivity index (χ3n) is 3.14. The molecule has 0 fully saturated rings. The van der Waals surface area contributed by atoms with Gasteiger partial charge in [0.05, 0.1) is 12.1 Å². The van der Waals surface area contributed by atoms with Gasteiger partial charge in [-0.15, -0.1) is 0 Å². The maximum atomic E-state index is 11.0. The zero-order chi connectivity index (χ0) is 12.5. The highest BCUT2D eigenvalue weighted by atomic mass is 16.4. The van der Waals surface area contributed by atoms with Gasteiger partial charge in [-0.25, -0.2) is 9.97 Å². The average molecular weight is 245 g/mol. The van der Waals surface area contributed by atoms with Crippen LogP contribution < -0.4 is 0 Å². The molecule has 0 aromatic carbocycles. The number of aromatic nitrogens is 5. The summed E-state index contributed by atoms with van der Waals surface area (Å²) in [5.41, 5.74) is 2.43. The first kappa shape index (κ1) is 10.8. The molecule has 7 heteroatoms. The molecule has 0 amide bonds. The van der Waals surface area contributed by atoms with Crippen LogP contribution in [0.1, 0.15) is 17.7 Å². The molecule has 18 heavy (non-hydrogen) atoms. The van der Waals surface area contributed by atoms with Crippen LogP contribution in [0.3, 0.4) is 0 Å². The summed E-state index contributed by atoms with van der Waals surface area (Å²) in [5, 5.41) is 19.2. The van der Waals surface area contributed by atoms with Crippen molar-refractivity contribution >= 4 is 5.97 Å². The van der Waals surface area contributed by atoms with Crippen molar-refractivity contribution in [1.29, 1.82) is 0 Å². The zero-order valence-corrected chi connectivity index (χ0v) is 9.50. The smallest absolute Gasteiger partial charge is 0.306 e. The summed E-state index contributed by atoms with van der Waals surface area (Å²) < 4.78 is 0. The number of rotatable bonds is 2. The summed E-state index contributed by atoms with van der Waals surface area (Å²) in [6.07, 6.45) is 5.05. The van der Waals surface area contributed by atoms with E-state index in [-0.39, 0.29) is 5.92 Å². The fraction of sp³-hybridized carbons (Fsp3) is 0.364. The predicted molar refractivity (Wildman–Crippen MR) is 60.6 cm³/mol. The first-order valence-electron chi connectivity index (χ1n) is 5.68. The molecule has 0 bridgehead atoms. The van der Waals surface area contributed by atoms with Crippen LogP contribution in [0.2, 0.25) is 0 Å². The Morgan fingerprint density at radius 1 is 1.44 bits per heavy atom. The van der Waals surface area contributed by atoms with Crippen LogP contribution in [0.15, 0.2) is 12.4 Å². The van der Waals surface area contributed by atoms with Crippen LogP contribution in [-0.2, 0) is 17.6 Å². The molecular formula is C11H11N5O2. The van der Waals surface area contributed by atoms with Crippen LogP contribution in [-0.4, -0.2) is 36.5 Å². The lowest BCUT2D eigenvalue weighted by Crippen LogP contribution is -2.23. The second-order valence-corrected chi connectivity index (χ2v) is 4.30. The first-order valence-corrected chi connectivity index (χ1v) is 5.68. The molecule has 3 rings (SSSR count). The number of hydrogen-bond acceptors (Lipinski definition) is 5. The molecule has 0 spiro atoms. The monoisotopic (exact) mass is 245 g/mol. The van der Waals surface area contributed by atoms with Gasteiger partial charge in [0.1, 0.15) is 5.69 Å². The van der Waals surface area contributed by atoms with Crippen molar-refractivity contribution in [2.75, 3.05) is 0 Å². The minimum Gasteiger partial charge on any atom is -0.481 e. The largest absolute Gasteiger partial charge is 0.481 e. The zero-order valence-electron chi connectivity index (χ0n) is 9.50. The normalized spacial score (nSPS) is 18.3. The molecule has 1 atom stereocenters. The molecule has 1 aliphatic rings. The summed E-state index contributed by atoms with van der Waals surface area (Å²) in [4.78, 5) is 19.6. The maximum Gasteiger partial charge on any atom is 0.306 e. The fourth-order valence-electron chi connectivity index (χ4n) is 2.15. The minimum atomic E-state index is -0.749. The second-order valence-electron chi connectivity index (χ2n) is 4.30. The molecule has 0 radical (unpaired) electrons. The molecule has 7 nitrogen and oxygen atoms in total.